The zero-order valence-electron chi connectivity index (χ0n) is 37.0. The lowest BCUT2D eigenvalue weighted by molar-refractivity contribution is -0.193. The zero-order valence-corrected chi connectivity index (χ0v) is 37.0. The number of nitriles is 1. The Morgan fingerprint density at radius 1 is 0.808 bits per heavy atom. The quantitative estimate of drug-likeness (QED) is 0.0852. The Hall–Kier alpha value is -7.09. The summed E-state index contributed by atoms with van der Waals surface area (Å²) in [5, 5.41) is 56.2. The van der Waals surface area contributed by atoms with Crippen LogP contribution >= 0.6 is 0 Å². The van der Waals surface area contributed by atoms with E-state index in [4.69, 9.17) is 44.3 Å². The number of nitrogens with one attached hydrogen (secondary N) is 2. The molecule has 2 fully saturated rings. The Kier molecular flexibility index (Phi) is 20.9. The molecule has 1 aliphatic heterocycles. The molecule has 1 saturated carbocycles. The van der Waals surface area contributed by atoms with Crippen LogP contribution in [0.4, 0.5) is 65.9 Å². The van der Waals surface area contributed by atoms with E-state index in [1.807, 2.05) is 23.1 Å². The first-order valence-corrected chi connectivity index (χ1v) is 19.9. The summed E-state index contributed by atoms with van der Waals surface area (Å²) in [5.41, 5.74) is 1.37. The molecule has 0 amide bonds. The van der Waals surface area contributed by atoms with Gasteiger partial charge >= 0.3 is 54.8 Å². The van der Waals surface area contributed by atoms with E-state index in [2.05, 4.69) is 46.3 Å². The zero-order chi connectivity index (χ0) is 56.1. The fourth-order valence-electron chi connectivity index (χ4n) is 6.09. The van der Waals surface area contributed by atoms with E-state index in [1.165, 1.54) is 12.4 Å². The Morgan fingerprint density at radius 3 is 1.74 bits per heavy atom. The molecule has 1 saturated heterocycles. The molecule has 20 nitrogen and oxygen atoms in total. The molecular formula is C38H39F15N10O10. The molecule has 2 aliphatic rings. The van der Waals surface area contributed by atoms with E-state index < -0.39 is 71.7 Å². The number of aromatic nitrogens is 7. The largest absolute Gasteiger partial charge is 0.490 e. The van der Waals surface area contributed by atoms with Gasteiger partial charge in [-0.1, -0.05) is 0 Å². The number of fused-ring (bicyclic) bond motifs is 1. The van der Waals surface area contributed by atoms with Crippen molar-refractivity contribution in [3.63, 3.8) is 0 Å². The number of rotatable bonds is 10. The summed E-state index contributed by atoms with van der Waals surface area (Å²) in [5.74, 6) is -12.4. The maximum Gasteiger partial charge on any atom is 0.490 e. The van der Waals surface area contributed by atoms with Crippen LogP contribution in [0.1, 0.15) is 57.5 Å². The third kappa shape index (κ3) is 19.5. The molecule has 4 aromatic heterocycles. The number of carboxylic acid groups (broad SMARTS) is 4. The van der Waals surface area contributed by atoms with Gasteiger partial charge < -0.3 is 40.6 Å². The molecule has 6 rings (SSSR count). The number of nitrogens with zero attached hydrogens (tertiary/aromatic N) is 8. The second-order valence-corrected chi connectivity index (χ2v) is 15.8. The van der Waals surface area contributed by atoms with Crippen molar-refractivity contribution in [2.75, 3.05) is 19.7 Å². The average molecular weight is 1080 g/mol. The summed E-state index contributed by atoms with van der Waals surface area (Å²) in [6, 6.07) is 5.95. The lowest BCUT2D eigenvalue weighted by Gasteiger charge is -2.53. The molecule has 0 bridgehead atoms. The summed E-state index contributed by atoms with van der Waals surface area (Å²) >= 11 is 0. The van der Waals surface area contributed by atoms with Gasteiger partial charge in [0.15, 0.2) is 0 Å². The number of aromatic amines is 1. The summed E-state index contributed by atoms with van der Waals surface area (Å²) in [6.07, 6.45) is -15.0. The number of aliphatic carboxylic acids is 4. The van der Waals surface area contributed by atoms with E-state index in [1.54, 1.807) is 20.0 Å². The third-order valence-corrected chi connectivity index (χ3v) is 9.67. The van der Waals surface area contributed by atoms with Gasteiger partial charge in [-0.15, -0.1) is 0 Å². The molecule has 7 N–H and O–H groups in total. The van der Waals surface area contributed by atoms with Crippen molar-refractivity contribution in [1.82, 2.24) is 44.9 Å². The van der Waals surface area contributed by atoms with Crippen LogP contribution in [0.2, 0.25) is 0 Å². The number of likely N-dealkylation sites (tertiary alicyclic amines) is 1. The minimum absolute atomic E-state index is 0.0228. The van der Waals surface area contributed by atoms with Gasteiger partial charge in [0.25, 0.3) is 0 Å². The molecule has 0 spiro atoms. The van der Waals surface area contributed by atoms with Gasteiger partial charge in [0.1, 0.15) is 23.6 Å². The highest BCUT2D eigenvalue weighted by Crippen LogP contribution is 2.39. The predicted octanol–water partition coefficient (Wildman–Crippen LogP) is 6.34. The van der Waals surface area contributed by atoms with Crippen LogP contribution in [0, 0.1) is 11.3 Å². The van der Waals surface area contributed by atoms with Crippen molar-refractivity contribution in [2.45, 2.75) is 107 Å². The van der Waals surface area contributed by atoms with Crippen molar-refractivity contribution < 1.29 is 115 Å². The normalized spacial score (nSPS) is 17.0. The highest BCUT2D eigenvalue weighted by atomic mass is 19.4. The number of carboxylic acids is 4. The first-order valence-electron chi connectivity index (χ1n) is 19.9. The number of hydrogen-bond donors (Lipinski definition) is 7. The number of carbonyl (C=O) groups is 4. The molecule has 406 valence electrons. The predicted molar refractivity (Wildman–Crippen MR) is 211 cm³/mol. The van der Waals surface area contributed by atoms with Crippen LogP contribution in [0.25, 0.3) is 22.3 Å². The molecule has 5 heterocycles. The SMILES string of the molecule is CC(C)(CO)NCc1cc(OC2CCC(N3CC(CC#N)(n4cc(-c5ncnc6[nH]ccc56)cn4)C3)CC2)nc(C(F)(F)F)n1.O=C(O)C(F)(F)F.O=C(O)C(F)(F)F.O=C(O)C(F)(F)F.O=C(O)C(F)(F)F. The summed E-state index contributed by atoms with van der Waals surface area (Å²) < 4.78 is 175. The number of alkyl halides is 15. The van der Waals surface area contributed by atoms with E-state index in [0.717, 1.165) is 35.1 Å². The summed E-state index contributed by atoms with van der Waals surface area (Å²) in [6.45, 7) is 4.66. The lowest BCUT2D eigenvalue weighted by Crippen LogP contribution is -2.65. The fraction of sp³-hybridized carbons (Fsp3) is 0.526. The number of halogens is 15. The molecular weight excluding hydrogens is 1040 g/mol. The van der Waals surface area contributed by atoms with Crippen LogP contribution in [0.3, 0.4) is 0 Å². The second-order valence-electron chi connectivity index (χ2n) is 15.8. The highest BCUT2D eigenvalue weighted by Gasteiger charge is 2.49. The topological polar surface area (TPSA) is 303 Å². The van der Waals surface area contributed by atoms with E-state index in [9.17, 15) is 76.2 Å². The van der Waals surface area contributed by atoms with Gasteiger partial charge in [-0.25, -0.2) is 34.1 Å². The smallest absolute Gasteiger partial charge is 0.475 e. The molecule has 35 heteroatoms. The summed E-state index contributed by atoms with van der Waals surface area (Å²) in [4.78, 5) is 57.1. The number of ether oxygens (including phenoxy) is 1. The van der Waals surface area contributed by atoms with Crippen LogP contribution in [-0.2, 0) is 37.4 Å². The first-order chi connectivity index (χ1) is 33.3. The maximum absolute atomic E-state index is 13.5. The van der Waals surface area contributed by atoms with E-state index in [0.29, 0.717) is 32.4 Å². The Bertz CT molecular complexity index is 2430. The third-order valence-electron chi connectivity index (χ3n) is 9.67. The molecule has 0 unspecified atom stereocenters. The van der Waals surface area contributed by atoms with Gasteiger partial charge in [-0.3, -0.25) is 9.58 Å². The molecule has 0 aromatic carbocycles. The fourth-order valence-corrected chi connectivity index (χ4v) is 6.09. The molecule has 4 aromatic rings. The minimum Gasteiger partial charge on any atom is -0.475 e. The number of aliphatic hydroxyl groups excluding tert-OH is 1. The van der Waals surface area contributed by atoms with Crippen LogP contribution in [-0.4, -0.2) is 151 Å². The van der Waals surface area contributed by atoms with Gasteiger partial charge in [0.2, 0.25) is 11.7 Å². The Labute approximate surface area is 398 Å². The van der Waals surface area contributed by atoms with Gasteiger partial charge in [0.05, 0.1) is 36.7 Å². The van der Waals surface area contributed by atoms with Crippen molar-refractivity contribution in [3.05, 3.63) is 48.6 Å². The van der Waals surface area contributed by atoms with Crippen molar-refractivity contribution in [1.29, 1.82) is 5.26 Å². The molecule has 0 atom stereocenters. The van der Waals surface area contributed by atoms with Gasteiger partial charge in [-0.2, -0.15) is 81.2 Å². The highest BCUT2D eigenvalue weighted by molar-refractivity contribution is 5.90. The second kappa shape index (κ2) is 24.6. The maximum atomic E-state index is 13.5. The average Bonchev–Trinajstić information content (AvgIpc) is 3.95. The van der Waals surface area contributed by atoms with Gasteiger partial charge in [-0.05, 0) is 45.6 Å². The van der Waals surface area contributed by atoms with Gasteiger partial charge in [0, 0.05) is 60.6 Å². The van der Waals surface area contributed by atoms with Crippen molar-refractivity contribution >= 4 is 34.9 Å². The number of aliphatic hydroxyl groups is 1. The van der Waals surface area contributed by atoms with Crippen molar-refractivity contribution in [2.24, 2.45) is 0 Å². The molecule has 0 radical (unpaired) electrons. The van der Waals surface area contributed by atoms with Crippen LogP contribution in [0.5, 0.6) is 5.88 Å². The molecule has 73 heavy (non-hydrogen) atoms. The van der Waals surface area contributed by atoms with E-state index in [-0.39, 0.29) is 36.9 Å². The molecule has 1 aliphatic carbocycles. The van der Waals surface area contributed by atoms with E-state index >= 15 is 0 Å². The number of hydrogen-bond acceptors (Lipinski definition) is 14. The Morgan fingerprint density at radius 2 is 1.30 bits per heavy atom. The monoisotopic (exact) mass is 1080 g/mol. The minimum atomic E-state index is -5.08. The van der Waals surface area contributed by atoms with Crippen molar-refractivity contribution in [3.8, 4) is 23.2 Å². The lowest BCUT2D eigenvalue weighted by atomic mass is 9.82. The number of H-pyrrole nitrogens is 1. The van der Waals surface area contributed by atoms with Crippen LogP contribution < -0.4 is 10.1 Å². The summed E-state index contributed by atoms with van der Waals surface area (Å²) in [7, 11) is 0. The Balaban J connectivity index is 0.000000530. The first kappa shape index (κ1) is 62.0. The van der Waals surface area contributed by atoms with Crippen LogP contribution in [0.15, 0.2) is 37.1 Å². The standard InChI is InChI=1S/C30H35F3N10O2.4C2HF3O2/c1-28(2,17-44)38-13-20-11-24(41-27(40-20)30(31,32)33)45-22-5-3-21(4-6-22)42-15-29(16-42,8-9-34)43-14-19(12-39-43)25-23-7-10-35-26(23)37-18-36-25;4*3-2(4,5)1(6)7/h7,10-12,14,18,21-22,38,44H,3-6,8,13,15-17H2,1-2H3,(H,35,36,37);4*(H,6,7).